The molecule has 0 aliphatic carbocycles. The highest BCUT2D eigenvalue weighted by Gasteiger charge is 2.43. The van der Waals surface area contributed by atoms with E-state index in [-0.39, 0.29) is 11.4 Å². The van der Waals surface area contributed by atoms with Crippen molar-refractivity contribution in [3.63, 3.8) is 0 Å². The summed E-state index contributed by atoms with van der Waals surface area (Å²) in [6, 6.07) is 10.5. The number of hydrogen-bond donors (Lipinski definition) is 2. The smallest absolute Gasteiger partial charge is 0.475 e. The number of hydrogen-bond acceptors (Lipinski definition) is 7. The Hall–Kier alpha value is -3.99. The number of carboxylic acid groups (broad SMARTS) is 2. The van der Waals surface area contributed by atoms with Crippen molar-refractivity contribution >= 4 is 11.9 Å². The molecule has 0 unspecified atom stereocenters. The number of aliphatic carboxylic acids is 2. The zero-order chi connectivity index (χ0) is 31.3. The molecule has 4 heterocycles. The van der Waals surface area contributed by atoms with E-state index in [0.717, 1.165) is 68.5 Å². The van der Waals surface area contributed by atoms with Crippen LogP contribution in [-0.4, -0.2) is 85.8 Å². The molecule has 5 rings (SSSR count). The molecule has 0 bridgehead atoms. The molecule has 1 spiro atoms. The highest BCUT2D eigenvalue weighted by Crippen LogP contribution is 2.39. The van der Waals surface area contributed by atoms with Gasteiger partial charge in [0.1, 0.15) is 17.4 Å². The van der Waals surface area contributed by atoms with Gasteiger partial charge in [-0.25, -0.2) is 14.0 Å². The number of benzene rings is 1. The van der Waals surface area contributed by atoms with Gasteiger partial charge in [-0.1, -0.05) is 0 Å². The Morgan fingerprint density at radius 1 is 0.952 bits per heavy atom. The first kappa shape index (κ1) is 32.5. The van der Waals surface area contributed by atoms with Gasteiger partial charge in [0.05, 0.1) is 24.9 Å². The maximum absolute atomic E-state index is 13.4. The quantitative estimate of drug-likeness (QED) is 0.417. The summed E-state index contributed by atoms with van der Waals surface area (Å²) in [5, 5.41) is 23.2. The third-order valence-corrected chi connectivity index (χ3v) is 6.51. The molecule has 0 radical (unpaired) electrons. The van der Waals surface area contributed by atoms with Crippen LogP contribution in [0.15, 0.2) is 47.1 Å². The molecule has 1 saturated heterocycles. The van der Waals surface area contributed by atoms with Gasteiger partial charge in [0, 0.05) is 25.2 Å². The molecule has 42 heavy (non-hydrogen) atoms. The zero-order valence-electron chi connectivity index (χ0n) is 22.0. The third kappa shape index (κ3) is 8.28. The topological polar surface area (TPSA) is 125 Å². The average molecular weight is 609 g/mol. The van der Waals surface area contributed by atoms with E-state index >= 15 is 0 Å². The lowest BCUT2D eigenvalue weighted by Gasteiger charge is -2.48. The van der Waals surface area contributed by atoms with E-state index in [1.165, 1.54) is 12.1 Å². The van der Waals surface area contributed by atoms with Crippen molar-refractivity contribution in [2.75, 3.05) is 26.7 Å². The van der Waals surface area contributed by atoms with Crippen molar-refractivity contribution < 1.29 is 55.0 Å². The lowest BCUT2D eigenvalue weighted by Crippen LogP contribution is -2.55. The van der Waals surface area contributed by atoms with Crippen LogP contribution in [0.25, 0.3) is 11.4 Å². The second kappa shape index (κ2) is 12.9. The lowest BCUT2D eigenvalue weighted by molar-refractivity contribution is -0.193. The molecule has 2 aliphatic rings. The summed E-state index contributed by atoms with van der Waals surface area (Å²) < 4.78 is 84.7. The van der Waals surface area contributed by atoms with Gasteiger partial charge >= 0.3 is 24.3 Å². The maximum atomic E-state index is 13.4. The maximum Gasteiger partial charge on any atom is 0.490 e. The van der Waals surface area contributed by atoms with Crippen LogP contribution in [0.3, 0.4) is 0 Å². The number of rotatable bonds is 3. The minimum Gasteiger partial charge on any atom is -0.475 e. The zero-order valence-corrected chi connectivity index (χ0v) is 22.0. The second-order valence-electron chi connectivity index (χ2n) is 9.64. The number of nitrogens with zero attached hydrogens (tertiary/aromatic N) is 5. The normalized spacial score (nSPS) is 17.0. The van der Waals surface area contributed by atoms with Crippen molar-refractivity contribution in [1.82, 2.24) is 24.6 Å². The van der Waals surface area contributed by atoms with E-state index in [4.69, 9.17) is 24.2 Å². The Labute approximate surface area is 234 Å². The van der Waals surface area contributed by atoms with Gasteiger partial charge < -0.3 is 19.2 Å². The van der Waals surface area contributed by atoms with Gasteiger partial charge in [-0.3, -0.25) is 9.80 Å². The van der Waals surface area contributed by atoms with Gasteiger partial charge in [0.15, 0.2) is 5.82 Å². The van der Waals surface area contributed by atoms with E-state index < -0.39 is 24.3 Å². The van der Waals surface area contributed by atoms with Crippen molar-refractivity contribution in [2.24, 2.45) is 0 Å². The molecule has 3 aromatic rings. The van der Waals surface area contributed by atoms with Crippen molar-refractivity contribution in [2.45, 2.75) is 43.8 Å². The molecule has 2 N–H and O–H groups in total. The highest BCUT2D eigenvalue weighted by molar-refractivity contribution is 5.73. The number of piperidine rings is 1. The fourth-order valence-electron chi connectivity index (χ4n) is 4.71. The number of likely N-dealkylation sites (tertiary alicyclic amines) is 1. The molecular formula is C25H26F7N5O5. The first-order valence-corrected chi connectivity index (χ1v) is 12.3. The number of halogens is 7. The fraction of sp³-hybridized carbons (Fsp3) is 0.440. The van der Waals surface area contributed by atoms with Crippen molar-refractivity contribution in [1.29, 1.82) is 0 Å². The van der Waals surface area contributed by atoms with Gasteiger partial charge in [-0.2, -0.15) is 26.3 Å². The Kier molecular flexibility index (Phi) is 9.98. The average Bonchev–Trinajstić information content (AvgIpc) is 3.56. The molecule has 1 fully saturated rings. The van der Waals surface area contributed by atoms with Crippen LogP contribution in [0, 0.1) is 5.82 Å². The number of carboxylic acids is 2. The minimum atomic E-state index is -5.08. The van der Waals surface area contributed by atoms with E-state index in [1.807, 2.05) is 12.1 Å². The van der Waals surface area contributed by atoms with Gasteiger partial charge in [0.25, 0.3) is 0 Å². The first-order chi connectivity index (χ1) is 19.5. The summed E-state index contributed by atoms with van der Waals surface area (Å²) in [5.41, 5.74) is 0.886. The number of aromatic nitrogens is 3. The van der Waals surface area contributed by atoms with Crippen LogP contribution in [-0.2, 0) is 28.2 Å². The van der Waals surface area contributed by atoms with Crippen molar-refractivity contribution in [3.8, 4) is 11.4 Å². The van der Waals surface area contributed by atoms with Crippen LogP contribution in [0.2, 0.25) is 0 Å². The number of fused-ring (bicyclic) bond motifs is 2. The standard InChI is InChI=1S/C21H24FN5O.2C2HF3O2/c1-25-14-19-23-24-20(16-4-6-17(22)7-5-16)27(19)21(15-25)8-10-26(11-9-21)13-18-3-2-12-28-18;2*3-2(4,5)1(6)7/h2-7,12H,8-11,13-15H2,1H3;2*(H,6,7). The van der Waals surface area contributed by atoms with Crippen LogP contribution in [0.1, 0.15) is 24.4 Å². The lowest BCUT2D eigenvalue weighted by atomic mass is 9.84. The van der Waals surface area contributed by atoms with Crippen molar-refractivity contribution in [3.05, 3.63) is 60.1 Å². The van der Waals surface area contributed by atoms with E-state index in [1.54, 1.807) is 18.4 Å². The first-order valence-electron chi connectivity index (χ1n) is 12.3. The molecule has 2 aliphatic heterocycles. The molecular weight excluding hydrogens is 583 g/mol. The molecule has 2 aromatic heterocycles. The third-order valence-electron chi connectivity index (χ3n) is 6.51. The second-order valence-corrected chi connectivity index (χ2v) is 9.64. The van der Waals surface area contributed by atoms with Crippen LogP contribution >= 0.6 is 0 Å². The van der Waals surface area contributed by atoms with Gasteiger partial charge in [0.2, 0.25) is 0 Å². The number of furan rings is 1. The molecule has 1 aromatic carbocycles. The molecule has 230 valence electrons. The SMILES string of the molecule is CN1Cc2nnc(-c3ccc(F)cc3)n2C2(CCN(Cc3ccco3)CC2)C1.O=C(O)C(F)(F)F.O=C(O)C(F)(F)F. The summed E-state index contributed by atoms with van der Waals surface area (Å²) in [6.07, 6.45) is -6.39. The van der Waals surface area contributed by atoms with Gasteiger partial charge in [-0.05, 0) is 56.3 Å². The molecule has 0 amide bonds. The van der Waals surface area contributed by atoms with E-state index in [0.29, 0.717) is 0 Å². The fourth-order valence-corrected chi connectivity index (χ4v) is 4.71. The highest BCUT2D eigenvalue weighted by atomic mass is 19.4. The summed E-state index contributed by atoms with van der Waals surface area (Å²) in [6.45, 7) is 4.59. The number of likely N-dealkylation sites (N-methyl/N-ethyl adjacent to an activating group) is 1. The molecule has 10 nitrogen and oxygen atoms in total. The van der Waals surface area contributed by atoms with Crippen LogP contribution in [0.4, 0.5) is 30.7 Å². The van der Waals surface area contributed by atoms with E-state index in [9.17, 15) is 30.7 Å². The Balaban J connectivity index is 0.000000289. The molecule has 0 atom stereocenters. The Morgan fingerprint density at radius 3 is 1.98 bits per heavy atom. The van der Waals surface area contributed by atoms with Gasteiger partial charge in [-0.15, -0.1) is 10.2 Å². The van der Waals surface area contributed by atoms with Crippen LogP contribution in [0.5, 0.6) is 0 Å². The predicted octanol–water partition coefficient (Wildman–Crippen LogP) is 4.38. The monoisotopic (exact) mass is 609 g/mol. The Bertz CT molecular complexity index is 1310. The minimum absolute atomic E-state index is 0.0325. The summed E-state index contributed by atoms with van der Waals surface area (Å²) in [4.78, 5) is 22.6. The van der Waals surface area contributed by atoms with Crippen LogP contribution < -0.4 is 0 Å². The number of carbonyl (C=O) groups is 2. The summed E-state index contributed by atoms with van der Waals surface area (Å²) in [7, 11) is 2.15. The van der Waals surface area contributed by atoms with E-state index in [2.05, 4.69) is 31.6 Å². The molecule has 17 heteroatoms. The predicted molar refractivity (Wildman–Crippen MR) is 130 cm³/mol. The summed E-state index contributed by atoms with van der Waals surface area (Å²) >= 11 is 0. The number of alkyl halides is 6. The largest absolute Gasteiger partial charge is 0.490 e. The Morgan fingerprint density at radius 2 is 1.50 bits per heavy atom. The molecule has 0 saturated carbocycles. The summed E-state index contributed by atoms with van der Waals surface area (Å²) in [5.74, 6) is -2.90.